The largest absolute Gasteiger partial charge is 0.497 e. The lowest BCUT2D eigenvalue weighted by Gasteiger charge is -2.25. The molecule has 23 heavy (non-hydrogen) atoms. The summed E-state index contributed by atoms with van der Waals surface area (Å²) in [6, 6.07) is 5.59. The molecule has 1 aliphatic heterocycles. The number of carbonyl (C=O) groups is 2. The third kappa shape index (κ3) is 4.15. The second-order valence-electron chi connectivity index (χ2n) is 5.47. The van der Waals surface area contributed by atoms with Crippen molar-refractivity contribution in [2.24, 2.45) is 5.92 Å². The number of nitrogens with zero attached hydrogens (tertiary/aromatic N) is 1. The molecule has 0 fully saturated rings. The lowest BCUT2D eigenvalue weighted by Crippen LogP contribution is -2.44. The molecular weight excluding hydrogens is 296 g/mol. The molecule has 0 radical (unpaired) electrons. The van der Waals surface area contributed by atoms with Crippen molar-refractivity contribution in [3.05, 3.63) is 23.8 Å². The second kappa shape index (κ2) is 7.85. The summed E-state index contributed by atoms with van der Waals surface area (Å²) in [6.07, 6.45) is 0.602. The minimum atomic E-state index is -0.277. The van der Waals surface area contributed by atoms with Crippen LogP contribution < -0.4 is 14.8 Å². The molecule has 1 aliphatic rings. The van der Waals surface area contributed by atoms with Gasteiger partial charge in [-0.25, -0.2) is 0 Å². The Labute approximate surface area is 136 Å². The smallest absolute Gasteiger partial charge is 0.241 e. The molecule has 126 valence electrons. The number of hydrogen-bond acceptors (Lipinski definition) is 4. The zero-order valence-corrected chi connectivity index (χ0v) is 13.9. The van der Waals surface area contributed by atoms with Gasteiger partial charge in [-0.1, -0.05) is 6.07 Å². The number of carbonyl (C=O) groups excluding carboxylic acids is 2. The van der Waals surface area contributed by atoms with Crippen molar-refractivity contribution < 1.29 is 19.1 Å². The van der Waals surface area contributed by atoms with E-state index in [-0.39, 0.29) is 24.3 Å². The van der Waals surface area contributed by atoms with Crippen molar-refractivity contribution in [3.8, 4) is 11.5 Å². The van der Waals surface area contributed by atoms with Crippen LogP contribution in [-0.4, -0.2) is 50.1 Å². The topological polar surface area (TPSA) is 67.9 Å². The first kappa shape index (κ1) is 17.1. The highest BCUT2D eigenvalue weighted by atomic mass is 16.5. The average molecular weight is 320 g/mol. The van der Waals surface area contributed by atoms with Crippen LogP contribution in [0.15, 0.2) is 18.2 Å². The molecule has 1 N–H and O–H groups in total. The van der Waals surface area contributed by atoms with Gasteiger partial charge < -0.3 is 19.7 Å². The molecule has 6 nitrogen and oxygen atoms in total. The summed E-state index contributed by atoms with van der Waals surface area (Å²) in [4.78, 5) is 25.9. The Morgan fingerprint density at radius 1 is 1.35 bits per heavy atom. The van der Waals surface area contributed by atoms with E-state index >= 15 is 0 Å². The van der Waals surface area contributed by atoms with Gasteiger partial charge in [0.2, 0.25) is 11.8 Å². The van der Waals surface area contributed by atoms with Crippen LogP contribution in [0.5, 0.6) is 11.5 Å². The molecular formula is C17H24N2O4. The third-order valence-corrected chi connectivity index (χ3v) is 4.08. The van der Waals surface area contributed by atoms with E-state index in [9.17, 15) is 9.59 Å². The molecule has 2 rings (SSSR count). The summed E-state index contributed by atoms with van der Waals surface area (Å²) in [5, 5.41) is 2.72. The van der Waals surface area contributed by atoms with Gasteiger partial charge in [0.1, 0.15) is 18.1 Å². The molecule has 0 spiro atoms. The normalized spacial score (nSPS) is 16.0. The van der Waals surface area contributed by atoms with Crippen LogP contribution in [0.2, 0.25) is 0 Å². The van der Waals surface area contributed by atoms with Crippen molar-refractivity contribution >= 4 is 11.8 Å². The van der Waals surface area contributed by atoms with E-state index < -0.39 is 0 Å². The lowest BCUT2D eigenvalue weighted by atomic mass is 9.96. The van der Waals surface area contributed by atoms with E-state index in [1.165, 1.54) is 0 Å². The molecule has 0 aromatic heterocycles. The van der Waals surface area contributed by atoms with E-state index in [2.05, 4.69) is 5.32 Å². The standard InChI is InChI=1S/C17H24N2O4/c1-4-19(5-2)16(20)10-18-17(21)13-8-12-6-7-14(22-3)9-15(12)23-11-13/h6-7,9,13H,4-5,8,10-11H2,1-3H3,(H,18,21)/t13-/m1/s1. The summed E-state index contributed by atoms with van der Waals surface area (Å²) >= 11 is 0. The van der Waals surface area contributed by atoms with Crippen LogP contribution in [0.3, 0.4) is 0 Å². The fourth-order valence-corrected chi connectivity index (χ4v) is 2.64. The van der Waals surface area contributed by atoms with Crippen LogP contribution in [0.1, 0.15) is 19.4 Å². The van der Waals surface area contributed by atoms with Crippen molar-refractivity contribution in [2.75, 3.05) is 33.4 Å². The second-order valence-corrected chi connectivity index (χ2v) is 5.47. The number of hydrogen-bond donors (Lipinski definition) is 1. The predicted molar refractivity (Wildman–Crippen MR) is 86.6 cm³/mol. The monoisotopic (exact) mass is 320 g/mol. The fraction of sp³-hybridized carbons (Fsp3) is 0.529. The van der Waals surface area contributed by atoms with Gasteiger partial charge >= 0.3 is 0 Å². The molecule has 2 amide bonds. The Morgan fingerprint density at radius 2 is 2.09 bits per heavy atom. The van der Waals surface area contributed by atoms with E-state index in [1.54, 1.807) is 12.0 Å². The summed E-state index contributed by atoms with van der Waals surface area (Å²) in [7, 11) is 1.60. The molecule has 1 atom stereocenters. The Morgan fingerprint density at radius 3 is 2.74 bits per heavy atom. The lowest BCUT2D eigenvalue weighted by molar-refractivity contribution is -0.134. The number of nitrogens with one attached hydrogen (secondary N) is 1. The van der Waals surface area contributed by atoms with Crippen molar-refractivity contribution in [1.29, 1.82) is 0 Å². The number of methoxy groups -OCH3 is 1. The molecule has 0 aliphatic carbocycles. The first-order valence-corrected chi connectivity index (χ1v) is 7.94. The van der Waals surface area contributed by atoms with Gasteiger partial charge in [-0.3, -0.25) is 9.59 Å². The summed E-state index contributed by atoms with van der Waals surface area (Å²) in [6.45, 7) is 5.48. The van der Waals surface area contributed by atoms with Gasteiger partial charge in [0.05, 0.1) is 19.6 Å². The van der Waals surface area contributed by atoms with E-state index in [0.717, 1.165) is 17.1 Å². The maximum Gasteiger partial charge on any atom is 0.241 e. The number of ether oxygens (including phenoxy) is 2. The van der Waals surface area contributed by atoms with Crippen LogP contribution in [0.4, 0.5) is 0 Å². The molecule has 0 bridgehead atoms. The van der Waals surface area contributed by atoms with Gasteiger partial charge in [-0.05, 0) is 31.9 Å². The summed E-state index contributed by atoms with van der Waals surface area (Å²) in [5.74, 6) is 1.00. The number of fused-ring (bicyclic) bond motifs is 1. The molecule has 1 aromatic carbocycles. The zero-order chi connectivity index (χ0) is 16.8. The summed E-state index contributed by atoms with van der Waals surface area (Å²) in [5.41, 5.74) is 0.979. The molecule has 1 aromatic rings. The first-order valence-electron chi connectivity index (χ1n) is 7.94. The maximum absolute atomic E-state index is 12.2. The summed E-state index contributed by atoms with van der Waals surface area (Å²) < 4.78 is 10.8. The number of benzene rings is 1. The molecule has 0 unspecified atom stereocenters. The molecule has 0 saturated carbocycles. The van der Waals surface area contributed by atoms with Crippen molar-refractivity contribution in [1.82, 2.24) is 10.2 Å². The van der Waals surface area contributed by atoms with E-state index in [4.69, 9.17) is 9.47 Å². The SMILES string of the molecule is CCN(CC)C(=O)CNC(=O)[C@H]1COc2cc(OC)ccc2C1. The van der Waals surface area contributed by atoms with Crippen molar-refractivity contribution in [3.63, 3.8) is 0 Å². The van der Waals surface area contributed by atoms with Gasteiger partial charge in [0, 0.05) is 19.2 Å². The predicted octanol–water partition coefficient (Wildman–Crippen LogP) is 1.23. The molecule has 0 saturated heterocycles. The number of amides is 2. The van der Waals surface area contributed by atoms with Gasteiger partial charge in [-0.2, -0.15) is 0 Å². The van der Waals surface area contributed by atoms with Crippen molar-refractivity contribution in [2.45, 2.75) is 20.3 Å². The number of rotatable bonds is 6. The molecule has 6 heteroatoms. The zero-order valence-electron chi connectivity index (χ0n) is 13.9. The molecule has 1 heterocycles. The highest BCUT2D eigenvalue weighted by Gasteiger charge is 2.26. The van der Waals surface area contributed by atoms with Gasteiger partial charge in [-0.15, -0.1) is 0 Å². The number of likely N-dealkylation sites (N-methyl/N-ethyl adjacent to an activating group) is 1. The maximum atomic E-state index is 12.2. The minimum Gasteiger partial charge on any atom is -0.497 e. The van der Waals surface area contributed by atoms with Crippen LogP contribution in [0.25, 0.3) is 0 Å². The highest BCUT2D eigenvalue weighted by Crippen LogP contribution is 2.30. The van der Waals surface area contributed by atoms with Crippen LogP contribution >= 0.6 is 0 Å². The quantitative estimate of drug-likeness (QED) is 0.856. The third-order valence-electron chi connectivity index (χ3n) is 4.08. The first-order chi connectivity index (χ1) is 11.1. The Hall–Kier alpha value is -2.24. The van der Waals surface area contributed by atoms with Crippen LogP contribution in [-0.2, 0) is 16.0 Å². The van der Waals surface area contributed by atoms with Gasteiger partial charge in [0.25, 0.3) is 0 Å². The highest BCUT2D eigenvalue weighted by molar-refractivity contribution is 5.86. The Kier molecular flexibility index (Phi) is 5.84. The fourth-order valence-electron chi connectivity index (χ4n) is 2.64. The minimum absolute atomic E-state index is 0.0342. The Bertz CT molecular complexity index is 570. The van der Waals surface area contributed by atoms with Gasteiger partial charge in [0.15, 0.2) is 0 Å². The van der Waals surface area contributed by atoms with E-state index in [1.807, 2.05) is 32.0 Å². The van der Waals surface area contributed by atoms with Crippen LogP contribution in [0, 0.1) is 5.92 Å². The Balaban J connectivity index is 1.90. The van der Waals surface area contributed by atoms with E-state index in [0.29, 0.717) is 26.1 Å². The average Bonchev–Trinajstić information content (AvgIpc) is 2.59.